The van der Waals surface area contributed by atoms with Crippen LogP contribution in [0.3, 0.4) is 0 Å². The van der Waals surface area contributed by atoms with Crippen molar-refractivity contribution in [3.63, 3.8) is 0 Å². The van der Waals surface area contributed by atoms with Crippen LogP contribution >= 0.6 is 0 Å². The highest BCUT2D eigenvalue weighted by atomic mass is 16.5. The van der Waals surface area contributed by atoms with Gasteiger partial charge in [-0.3, -0.25) is 4.79 Å². The fourth-order valence-corrected chi connectivity index (χ4v) is 2.10. The summed E-state index contributed by atoms with van der Waals surface area (Å²) in [5.41, 5.74) is 6.26. The molecule has 1 aromatic carbocycles. The second-order valence-electron chi connectivity index (χ2n) is 4.39. The average molecular weight is 251 g/mol. The van der Waals surface area contributed by atoms with Gasteiger partial charge in [0.1, 0.15) is 11.2 Å². The van der Waals surface area contributed by atoms with Crippen LogP contribution in [0.5, 0.6) is 5.75 Å². The van der Waals surface area contributed by atoms with E-state index in [1.165, 1.54) is 7.11 Å². The zero-order valence-corrected chi connectivity index (χ0v) is 10.5. The molecule has 0 saturated carbocycles. The molecule has 18 heavy (non-hydrogen) atoms. The summed E-state index contributed by atoms with van der Waals surface area (Å²) < 4.78 is 15.1. The number of methoxy groups -OCH3 is 2. The molecule has 1 aliphatic heterocycles. The molecule has 1 atom stereocenters. The molecular formula is C13H17NO4. The molecule has 0 bridgehead atoms. The molecule has 0 spiro atoms. The molecule has 0 aliphatic carbocycles. The molecule has 0 amide bonds. The van der Waals surface area contributed by atoms with E-state index in [2.05, 4.69) is 0 Å². The molecule has 1 saturated heterocycles. The first kappa shape index (κ1) is 12.9. The summed E-state index contributed by atoms with van der Waals surface area (Å²) in [5.74, 6) is 0.382. The van der Waals surface area contributed by atoms with Crippen molar-refractivity contribution in [2.75, 3.05) is 27.4 Å². The quantitative estimate of drug-likeness (QED) is 0.804. The van der Waals surface area contributed by atoms with Crippen molar-refractivity contribution in [3.8, 4) is 5.75 Å². The number of carbonyl (C=O) groups is 1. The van der Waals surface area contributed by atoms with E-state index in [0.717, 1.165) is 5.56 Å². The maximum Gasteiger partial charge on any atom is 0.318 e. The van der Waals surface area contributed by atoms with Crippen molar-refractivity contribution in [2.45, 2.75) is 6.04 Å². The van der Waals surface area contributed by atoms with Gasteiger partial charge >= 0.3 is 5.97 Å². The van der Waals surface area contributed by atoms with E-state index in [0.29, 0.717) is 5.75 Å². The van der Waals surface area contributed by atoms with Gasteiger partial charge in [0.2, 0.25) is 0 Å². The summed E-state index contributed by atoms with van der Waals surface area (Å²) >= 11 is 0. The highest BCUT2D eigenvalue weighted by Gasteiger charge is 2.52. The molecule has 0 radical (unpaired) electrons. The summed E-state index contributed by atoms with van der Waals surface area (Å²) in [6.45, 7) is 0.579. The number of carbonyl (C=O) groups excluding carboxylic acids is 1. The van der Waals surface area contributed by atoms with E-state index >= 15 is 0 Å². The van der Waals surface area contributed by atoms with Crippen LogP contribution in [0.4, 0.5) is 0 Å². The normalized spacial score (nSPS) is 18.6. The van der Waals surface area contributed by atoms with Crippen LogP contribution in [0.25, 0.3) is 0 Å². The molecular weight excluding hydrogens is 234 g/mol. The lowest BCUT2D eigenvalue weighted by molar-refractivity contribution is -0.188. The van der Waals surface area contributed by atoms with E-state index in [4.69, 9.17) is 19.9 Å². The lowest BCUT2D eigenvalue weighted by Crippen LogP contribution is -2.56. The van der Waals surface area contributed by atoms with Crippen molar-refractivity contribution in [1.29, 1.82) is 0 Å². The molecule has 1 unspecified atom stereocenters. The van der Waals surface area contributed by atoms with E-state index in [-0.39, 0.29) is 19.2 Å². The summed E-state index contributed by atoms with van der Waals surface area (Å²) in [4.78, 5) is 11.9. The second-order valence-corrected chi connectivity index (χ2v) is 4.39. The minimum absolute atomic E-state index is 0.290. The van der Waals surface area contributed by atoms with E-state index in [1.54, 1.807) is 7.11 Å². The largest absolute Gasteiger partial charge is 0.497 e. The number of hydrogen-bond acceptors (Lipinski definition) is 5. The Kier molecular flexibility index (Phi) is 3.54. The number of hydrogen-bond donors (Lipinski definition) is 1. The van der Waals surface area contributed by atoms with Crippen LogP contribution in [-0.2, 0) is 14.3 Å². The van der Waals surface area contributed by atoms with Crippen molar-refractivity contribution in [3.05, 3.63) is 29.8 Å². The Labute approximate surface area is 106 Å². The van der Waals surface area contributed by atoms with Crippen LogP contribution in [-0.4, -0.2) is 33.4 Å². The topological polar surface area (TPSA) is 70.8 Å². The maximum absolute atomic E-state index is 11.9. The standard InChI is InChI=1S/C13H17NO4/c1-16-10-5-3-4-9(6-10)11(14)13(7-18-8-13)12(15)17-2/h3-6,11H,7-8,14H2,1-2H3. The molecule has 2 rings (SSSR count). The molecule has 1 fully saturated rings. The lowest BCUT2D eigenvalue weighted by Gasteiger charge is -2.42. The highest BCUT2D eigenvalue weighted by Crippen LogP contribution is 2.40. The van der Waals surface area contributed by atoms with Gasteiger partial charge in [-0.1, -0.05) is 12.1 Å². The predicted octanol–water partition coefficient (Wildman–Crippen LogP) is 0.885. The van der Waals surface area contributed by atoms with Gasteiger partial charge in [-0.2, -0.15) is 0 Å². The van der Waals surface area contributed by atoms with Gasteiger partial charge in [-0.15, -0.1) is 0 Å². The van der Waals surface area contributed by atoms with Crippen LogP contribution in [0.2, 0.25) is 0 Å². The summed E-state index contributed by atoms with van der Waals surface area (Å²) in [5, 5.41) is 0. The molecule has 1 heterocycles. The van der Waals surface area contributed by atoms with E-state index in [1.807, 2.05) is 24.3 Å². The van der Waals surface area contributed by atoms with Crippen LogP contribution in [0, 0.1) is 5.41 Å². The molecule has 1 aliphatic rings. The number of ether oxygens (including phenoxy) is 3. The van der Waals surface area contributed by atoms with Crippen molar-refractivity contribution in [1.82, 2.24) is 0 Å². The monoisotopic (exact) mass is 251 g/mol. The number of benzene rings is 1. The Bertz CT molecular complexity index is 442. The first-order valence-electron chi connectivity index (χ1n) is 5.70. The average Bonchev–Trinajstić information content (AvgIpc) is 2.37. The van der Waals surface area contributed by atoms with Crippen LogP contribution in [0.15, 0.2) is 24.3 Å². The Balaban J connectivity index is 2.28. The van der Waals surface area contributed by atoms with Gasteiger partial charge in [-0.25, -0.2) is 0 Å². The molecule has 5 nitrogen and oxygen atoms in total. The number of rotatable bonds is 4. The molecule has 5 heteroatoms. The van der Waals surface area contributed by atoms with Crippen molar-refractivity contribution < 1.29 is 19.0 Å². The van der Waals surface area contributed by atoms with Crippen LogP contribution in [0.1, 0.15) is 11.6 Å². The first-order valence-corrected chi connectivity index (χ1v) is 5.70. The second kappa shape index (κ2) is 4.96. The van der Waals surface area contributed by atoms with E-state index < -0.39 is 11.5 Å². The Hall–Kier alpha value is -1.59. The molecule has 98 valence electrons. The van der Waals surface area contributed by atoms with Gasteiger partial charge in [0.25, 0.3) is 0 Å². The van der Waals surface area contributed by atoms with Crippen molar-refractivity contribution >= 4 is 5.97 Å². The zero-order chi connectivity index (χ0) is 13.2. The minimum atomic E-state index is -0.777. The number of nitrogens with two attached hydrogens (primary N) is 1. The van der Waals surface area contributed by atoms with Gasteiger partial charge < -0.3 is 19.9 Å². The molecule has 0 aromatic heterocycles. The minimum Gasteiger partial charge on any atom is -0.497 e. The SMILES string of the molecule is COC(=O)C1(C(N)c2cccc(OC)c2)COC1. The van der Waals surface area contributed by atoms with Gasteiger partial charge in [-0.05, 0) is 17.7 Å². The van der Waals surface area contributed by atoms with Crippen molar-refractivity contribution in [2.24, 2.45) is 11.1 Å². The fraction of sp³-hybridized carbons (Fsp3) is 0.462. The summed E-state index contributed by atoms with van der Waals surface area (Å²) in [6.07, 6.45) is 0. The van der Waals surface area contributed by atoms with Gasteiger partial charge in [0.05, 0.1) is 33.5 Å². The lowest BCUT2D eigenvalue weighted by atomic mass is 9.75. The summed E-state index contributed by atoms with van der Waals surface area (Å²) in [6, 6.07) is 6.91. The zero-order valence-electron chi connectivity index (χ0n) is 10.5. The highest BCUT2D eigenvalue weighted by molar-refractivity contribution is 5.79. The van der Waals surface area contributed by atoms with Gasteiger partial charge in [0, 0.05) is 0 Å². The number of esters is 1. The summed E-state index contributed by atoms with van der Waals surface area (Å²) in [7, 11) is 2.95. The Morgan fingerprint density at radius 3 is 2.67 bits per heavy atom. The van der Waals surface area contributed by atoms with E-state index in [9.17, 15) is 4.79 Å². The Morgan fingerprint density at radius 1 is 1.44 bits per heavy atom. The maximum atomic E-state index is 11.9. The van der Waals surface area contributed by atoms with Crippen LogP contribution < -0.4 is 10.5 Å². The third kappa shape index (κ3) is 1.95. The third-order valence-electron chi connectivity index (χ3n) is 3.36. The third-order valence-corrected chi connectivity index (χ3v) is 3.36. The fourth-order valence-electron chi connectivity index (χ4n) is 2.10. The van der Waals surface area contributed by atoms with Gasteiger partial charge in [0.15, 0.2) is 0 Å². The smallest absolute Gasteiger partial charge is 0.318 e. The molecule has 1 aromatic rings. The Morgan fingerprint density at radius 2 is 2.17 bits per heavy atom. The molecule has 2 N–H and O–H groups in total. The predicted molar refractivity (Wildman–Crippen MR) is 65.2 cm³/mol. The first-order chi connectivity index (χ1) is 8.64.